The van der Waals surface area contributed by atoms with Crippen LogP contribution in [0.1, 0.15) is 48.9 Å². The monoisotopic (exact) mass is 469 g/mol. The van der Waals surface area contributed by atoms with Crippen LogP contribution in [-0.2, 0) is 0 Å². The fraction of sp³-hybridized carbons (Fsp3) is 0.586. The van der Waals surface area contributed by atoms with Crippen molar-refractivity contribution in [3.63, 3.8) is 0 Å². The highest BCUT2D eigenvalue weighted by Gasteiger charge is 2.08. The first-order chi connectivity index (χ1) is 16.3. The van der Waals surface area contributed by atoms with Crippen molar-refractivity contribution in [2.75, 3.05) is 46.4 Å². The molecule has 0 bridgehead atoms. The molecule has 0 aliphatic rings. The maximum Gasteiger partial charge on any atom is 0.125 e. The second kappa shape index (κ2) is 15.0. The zero-order valence-corrected chi connectivity index (χ0v) is 22.5. The van der Waals surface area contributed by atoms with Crippen LogP contribution >= 0.6 is 0 Å². The van der Waals surface area contributed by atoms with Gasteiger partial charge in [-0.25, -0.2) is 0 Å². The minimum atomic E-state index is 0.334. The van der Waals surface area contributed by atoms with Crippen LogP contribution in [0.5, 0.6) is 11.5 Å². The lowest BCUT2D eigenvalue weighted by molar-refractivity contribution is 0.260. The number of benzene rings is 2. The Morgan fingerprint density at radius 2 is 1.03 bits per heavy atom. The zero-order valence-electron chi connectivity index (χ0n) is 22.5. The van der Waals surface area contributed by atoms with Crippen LogP contribution in [0.25, 0.3) is 0 Å². The molecule has 190 valence electrons. The molecule has 2 unspecified atom stereocenters. The average Bonchev–Trinajstić information content (AvgIpc) is 2.79. The summed E-state index contributed by atoms with van der Waals surface area (Å²) in [4.78, 5) is 2.42. The summed E-state index contributed by atoms with van der Waals surface area (Å²) < 4.78 is 12.1. The van der Waals surface area contributed by atoms with Crippen LogP contribution in [-0.4, -0.2) is 63.4 Å². The fourth-order valence-corrected chi connectivity index (χ4v) is 4.09. The quantitative estimate of drug-likeness (QED) is 0.337. The minimum absolute atomic E-state index is 0.334. The lowest BCUT2D eigenvalue weighted by Gasteiger charge is -2.20. The van der Waals surface area contributed by atoms with Gasteiger partial charge in [-0.2, -0.15) is 0 Å². The molecule has 0 saturated carbocycles. The van der Waals surface area contributed by atoms with E-state index >= 15 is 0 Å². The van der Waals surface area contributed by atoms with E-state index in [1.807, 2.05) is 0 Å². The molecule has 34 heavy (non-hydrogen) atoms. The molecule has 0 fully saturated rings. The second-order valence-corrected chi connectivity index (χ2v) is 9.78. The number of para-hydroxylation sites is 2. The van der Waals surface area contributed by atoms with E-state index in [2.05, 4.69) is 101 Å². The summed E-state index contributed by atoms with van der Waals surface area (Å²) >= 11 is 0. The average molecular weight is 470 g/mol. The molecular weight excluding hydrogens is 422 g/mol. The van der Waals surface area contributed by atoms with Gasteiger partial charge in [-0.05, 0) is 110 Å². The van der Waals surface area contributed by atoms with Crippen molar-refractivity contribution in [1.29, 1.82) is 0 Å². The summed E-state index contributed by atoms with van der Waals surface area (Å²) in [5.41, 5.74) is 4.80. The highest BCUT2D eigenvalue weighted by atomic mass is 16.5. The summed E-state index contributed by atoms with van der Waals surface area (Å²) in [6, 6.07) is 13.2. The summed E-state index contributed by atoms with van der Waals surface area (Å²) in [5.74, 6) is 2.05. The van der Waals surface area contributed by atoms with Gasteiger partial charge in [0.1, 0.15) is 24.7 Å². The molecule has 0 amide bonds. The van der Waals surface area contributed by atoms with Crippen LogP contribution in [0.3, 0.4) is 0 Å². The van der Waals surface area contributed by atoms with Gasteiger partial charge in [-0.3, -0.25) is 0 Å². The van der Waals surface area contributed by atoms with Crippen LogP contribution in [0.2, 0.25) is 0 Å². The second-order valence-electron chi connectivity index (χ2n) is 9.78. The number of nitrogens with zero attached hydrogens (tertiary/aromatic N) is 1. The molecule has 2 atom stereocenters. The van der Waals surface area contributed by atoms with Gasteiger partial charge in [0, 0.05) is 12.1 Å². The normalized spacial score (nSPS) is 13.2. The first-order valence-corrected chi connectivity index (χ1v) is 12.8. The van der Waals surface area contributed by atoms with Crippen molar-refractivity contribution in [3.8, 4) is 11.5 Å². The topological polar surface area (TPSA) is 45.8 Å². The maximum absolute atomic E-state index is 6.06. The van der Waals surface area contributed by atoms with Gasteiger partial charge >= 0.3 is 0 Å². The summed E-state index contributed by atoms with van der Waals surface area (Å²) in [6.45, 7) is 18.4. The lowest BCUT2D eigenvalue weighted by Crippen LogP contribution is -2.35. The molecule has 0 heterocycles. The van der Waals surface area contributed by atoms with Gasteiger partial charge in [0.25, 0.3) is 0 Å². The third kappa shape index (κ3) is 10.0. The number of hydrogen-bond acceptors (Lipinski definition) is 5. The molecule has 0 aromatic heterocycles. The Balaban J connectivity index is 1.50. The van der Waals surface area contributed by atoms with Crippen molar-refractivity contribution < 1.29 is 9.47 Å². The van der Waals surface area contributed by atoms with Crippen molar-refractivity contribution >= 4 is 0 Å². The van der Waals surface area contributed by atoms with Gasteiger partial charge in [-0.1, -0.05) is 36.4 Å². The van der Waals surface area contributed by atoms with E-state index in [9.17, 15) is 0 Å². The molecule has 0 aliphatic carbocycles. The Labute approximate surface area is 208 Å². The molecule has 5 heteroatoms. The van der Waals surface area contributed by atoms with Crippen molar-refractivity contribution in [3.05, 3.63) is 58.7 Å². The zero-order chi connectivity index (χ0) is 24.9. The molecule has 2 aromatic carbocycles. The molecule has 0 spiro atoms. The van der Waals surface area contributed by atoms with Crippen LogP contribution in [0.4, 0.5) is 0 Å². The summed E-state index contributed by atoms with van der Waals surface area (Å²) in [5, 5.41) is 7.17. The van der Waals surface area contributed by atoms with E-state index in [0.29, 0.717) is 25.3 Å². The molecule has 2 aromatic rings. The predicted molar refractivity (Wildman–Crippen MR) is 144 cm³/mol. The lowest BCUT2D eigenvalue weighted by atomic mass is 10.1. The smallest absolute Gasteiger partial charge is 0.125 e. The third-order valence-electron chi connectivity index (χ3n) is 6.19. The molecule has 0 aliphatic heterocycles. The largest absolute Gasteiger partial charge is 0.491 e. The van der Waals surface area contributed by atoms with E-state index in [0.717, 1.165) is 50.5 Å². The Morgan fingerprint density at radius 1 is 0.676 bits per heavy atom. The maximum atomic E-state index is 6.06. The first-order valence-electron chi connectivity index (χ1n) is 12.8. The van der Waals surface area contributed by atoms with Gasteiger partial charge in [0.2, 0.25) is 0 Å². The van der Waals surface area contributed by atoms with Gasteiger partial charge < -0.3 is 25.0 Å². The number of hydrogen-bond donors (Lipinski definition) is 2. The number of ether oxygens (including phenoxy) is 2. The molecular formula is C29H47N3O2. The van der Waals surface area contributed by atoms with Gasteiger partial charge in [0.15, 0.2) is 0 Å². The van der Waals surface area contributed by atoms with E-state index < -0.39 is 0 Å². The van der Waals surface area contributed by atoms with Crippen LogP contribution < -0.4 is 20.1 Å². The summed E-state index contributed by atoms with van der Waals surface area (Å²) in [7, 11) is 2.21. The van der Waals surface area contributed by atoms with Crippen LogP contribution in [0, 0.1) is 27.7 Å². The highest BCUT2D eigenvalue weighted by Crippen LogP contribution is 2.23. The van der Waals surface area contributed by atoms with Crippen LogP contribution in [0.15, 0.2) is 36.4 Å². The number of rotatable bonds is 16. The Morgan fingerprint density at radius 3 is 1.38 bits per heavy atom. The molecule has 0 saturated heterocycles. The van der Waals surface area contributed by atoms with Crippen molar-refractivity contribution in [2.45, 2.75) is 66.5 Å². The minimum Gasteiger partial charge on any atom is -0.491 e. The molecule has 2 N–H and O–H groups in total. The Bertz CT molecular complexity index is 745. The molecule has 0 radical (unpaired) electrons. The third-order valence-corrected chi connectivity index (χ3v) is 6.19. The van der Waals surface area contributed by atoms with E-state index in [-0.39, 0.29) is 0 Å². The molecule has 5 nitrogen and oxygen atoms in total. The first kappa shape index (κ1) is 28.2. The van der Waals surface area contributed by atoms with E-state index in [1.54, 1.807) is 0 Å². The highest BCUT2D eigenvalue weighted by molar-refractivity contribution is 5.40. The number of nitrogens with one attached hydrogen (secondary N) is 2. The SMILES string of the molecule is Cc1cccc(C)c1OCC(C)NCCCN(C)CCCNC(C)COc1c(C)cccc1C. The summed E-state index contributed by atoms with van der Waals surface area (Å²) in [6.07, 6.45) is 2.27. The Kier molecular flexibility index (Phi) is 12.4. The van der Waals surface area contributed by atoms with Gasteiger partial charge in [-0.15, -0.1) is 0 Å². The standard InChI is InChI=1S/C29H47N3O2/c1-22-12-8-13-23(2)28(22)33-20-26(5)30-16-10-18-32(7)19-11-17-31-27(6)21-34-29-24(3)14-9-15-25(29)4/h8-9,12-15,26-27,30-31H,10-11,16-21H2,1-7H3. The Hall–Kier alpha value is -2.08. The van der Waals surface area contributed by atoms with Crippen molar-refractivity contribution in [2.24, 2.45) is 0 Å². The van der Waals surface area contributed by atoms with Gasteiger partial charge in [0.05, 0.1) is 0 Å². The van der Waals surface area contributed by atoms with E-state index in [4.69, 9.17) is 9.47 Å². The fourth-order valence-electron chi connectivity index (χ4n) is 4.09. The van der Waals surface area contributed by atoms with Crippen molar-refractivity contribution in [1.82, 2.24) is 15.5 Å². The van der Waals surface area contributed by atoms with E-state index in [1.165, 1.54) is 22.3 Å². The molecule has 2 rings (SSSR count). The predicted octanol–water partition coefficient (Wildman–Crippen LogP) is 5.05. The number of aryl methyl sites for hydroxylation is 4.